The topological polar surface area (TPSA) is 72.1 Å². The molecule has 112 valence electrons. The minimum atomic E-state index is -0.475. The predicted octanol–water partition coefficient (Wildman–Crippen LogP) is 0.491. The number of hydrogen-bond donors (Lipinski definition) is 0. The molecule has 0 aliphatic rings. The second kappa shape index (κ2) is 6.87. The molecule has 5 nitrogen and oxygen atoms in total. The number of benzene rings is 1. The molecule has 0 amide bonds. The van der Waals surface area contributed by atoms with Crippen LogP contribution in [0.25, 0.3) is 12.2 Å². The molecule has 2 aromatic rings. The molecule has 6 heteroatoms. The maximum Gasteiger partial charge on any atom is 0.333 e. The molecule has 0 atom stereocenters. The van der Waals surface area contributed by atoms with Gasteiger partial charge in [-0.15, -0.1) is 11.3 Å². The summed E-state index contributed by atoms with van der Waals surface area (Å²) in [5.74, 6) is -0.475. The molecule has 2 rings (SSSR count). The zero-order valence-corrected chi connectivity index (χ0v) is 13.0. The summed E-state index contributed by atoms with van der Waals surface area (Å²) in [5, 5.41) is 8.90. The number of carbonyl (C=O) groups excluding carboxylic acids is 1. The minimum absolute atomic E-state index is 0.192. The number of hydrogen-bond acceptors (Lipinski definition) is 5. The predicted molar refractivity (Wildman–Crippen MR) is 84.6 cm³/mol. The lowest BCUT2D eigenvalue weighted by Gasteiger charge is -1.93. The van der Waals surface area contributed by atoms with Crippen molar-refractivity contribution in [2.75, 3.05) is 6.61 Å². The first-order valence-corrected chi connectivity index (χ1v) is 7.43. The summed E-state index contributed by atoms with van der Waals surface area (Å²) in [6.07, 6.45) is 3.01. The van der Waals surface area contributed by atoms with Gasteiger partial charge in [-0.1, -0.05) is 12.1 Å². The number of thiazole rings is 1. The van der Waals surface area contributed by atoms with E-state index in [-0.39, 0.29) is 12.2 Å². The Hall–Kier alpha value is -2.65. The van der Waals surface area contributed by atoms with Gasteiger partial charge >= 0.3 is 5.97 Å². The molecule has 0 saturated heterocycles. The molecule has 1 heterocycles. The Balaban J connectivity index is 2.54. The van der Waals surface area contributed by atoms with E-state index < -0.39 is 5.97 Å². The first kappa shape index (κ1) is 15.7. The standard InChI is InChI=1S/C16H14N2O3S/c1-3-21-15(19)9-14-18(2)16(20)13(22-14)8-11-5-4-6-12(7-11)10-17/h4-9H,3H2,1-2H3/b13-8-,14-9+. The lowest BCUT2D eigenvalue weighted by Crippen LogP contribution is -2.29. The van der Waals surface area contributed by atoms with Crippen LogP contribution in [0.4, 0.5) is 0 Å². The van der Waals surface area contributed by atoms with E-state index in [1.807, 2.05) is 6.07 Å². The van der Waals surface area contributed by atoms with E-state index in [0.29, 0.717) is 14.8 Å². The molecule has 22 heavy (non-hydrogen) atoms. The van der Waals surface area contributed by atoms with Crippen LogP contribution in [0.3, 0.4) is 0 Å². The summed E-state index contributed by atoms with van der Waals surface area (Å²) >= 11 is 1.20. The zero-order valence-electron chi connectivity index (χ0n) is 12.2. The van der Waals surface area contributed by atoms with Crippen LogP contribution in [0.1, 0.15) is 18.1 Å². The number of rotatable bonds is 3. The van der Waals surface area contributed by atoms with E-state index in [4.69, 9.17) is 10.00 Å². The fourth-order valence-electron chi connectivity index (χ4n) is 1.84. The van der Waals surface area contributed by atoms with E-state index in [1.54, 1.807) is 38.2 Å². The van der Waals surface area contributed by atoms with Gasteiger partial charge in [0, 0.05) is 7.05 Å². The highest BCUT2D eigenvalue weighted by molar-refractivity contribution is 7.07. The second-order valence-corrected chi connectivity index (χ2v) is 5.51. The van der Waals surface area contributed by atoms with Crippen molar-refractivity contribution in [2.24, 2.45) is 7.05 Å². The number of aromatic nitrogens is 1. The van der Waals surface area contributed by atoms with Crippen LogP contribution in [-0.2, 0) is 16.6 Å². The molecule has 0 N–H and O–H groups in total. The molecule has 0 fully saturated rings. The van der Waals surface area contributed by atoms with Gasteiger partial charge < -0.3 is 9.30 Å². The molecule has 1 aromatic carbocycles. The van der Waals surface area contributed by atoms with Crippen LogP contribution in [0.2, 0.25) is 0 Å². The third-order valence-electron chi connectivity index (χ3n) is 2.90. The molecular formula is C16H14N2O3S. The van der Waals surface area contributed by atoms with E-state index in [1.165, 1.54) is 22.0 Å². The van der Waals surface area contributed by atoms with Gasteiger partial charge in [-0.25, -0.2) is 4.79 Å². The van der Waals surface area contributed by atoms with Crippen LogP contribution in [0, 0.1) is 11.3 Å². The number of carbonyl (C=O) groups is 1. The Bertz CT molecular complexity index is 916. The zero-order chi connectivity index (χ0) is 16.1. The molecule has 0 aliphatic heterocycles. The first-order chi connectivity index (χ1) is 10.5. The van der Waals surface area contributed by atoms with Gasteiger partial charge in [0.15, 0.2) is 0 Å². The van der Waals surface area contributed by atoms with E-state index in [2.05, 4.69) is 6.07 Å². The largest absolute Gasteiger partial charge is 0.463 e. The van der Waals surface area contributed by atoms with Crippen LogP contribution in [-0.4, -0.2) is 17.1 Å². The summed E-state index contributed by atoms with van der Waals surface area (Å²) in [6, 6.07) is 9.03. The highest BCUT2D eigenvalue weighted by Crippen LogP contribution is 2.04. The molecule has 0 saturated carbocycles. The molecule has 0 radical (unpaired) electrons. The number of esters is 1. The molecular weight excluding hydrogens is 300 g/mol. The van der Waals surface area contributed by atoms with Crippen molar-refractivity contribution in [3.8, 4) is 6.07 Å². The van der Waals surface area contributed by atoms with Crippen molar-refractivity contribution >= 4 is 29.5 Å². The van der Waals surface area contributed by atoms with Crippen molar-refractivity contribution < 1.29 is 9.53 Å². The summed E-state index contributed by atoms with van der Waals surface area (Å²) in [5.41, 5.74) is 1.10. The van der Waals surface area contributed by atoms with Crippen molar-refractivity contribution in [1.29, 1.82) is 5.26 Å². The lowest BCUT2D eigenvalue weighted by atomic mass is 10.1. The van der Waals surface area contributed by atoms with Gasteiger partial charge in [-0.3, -0.25) is 4.79 Å². The Morgan fingerprint density at radius 2 is 2.27 bits per heavy atom. The van der Waals surface area contributed by atoms with Gasteiger partial charge in [0.2, 0.25) is 0 Å². The summed E-state index contributed by atoms with van der Waals surface area (Å²) in [7, 11) is 1.60. The van der Waals surface area contributed by atoms with Gasteiger partial charge in [0.25, 0.3) is 5.56 Å². The lowest BCUT2D eigenvalue weighted by molar-refractivity contribution is -0.135. The summed E-state index contributed by atoms with van der Waals surface area (Å²) in [4.78, 5) is 23.7. The SMILES string of the molecule is CCOC(=O)/C=c1/s/c(=C\c2cccc(C#N)c2)c(=O)n1C. The number of nitriles is 1. The fraction of sp³-hybridized carbons (Fsp3) is 0.188. The van der Waals surface area contributed by atoms with E-state index in [0.717, 1.165) is 5.56 Å². The van der Waals surface area contributed by atoms with Gasteiger partial charge in [-0.2, -0.15) is 5.26 Å². The first-order valence-electron chi connectivity index (χ1n) is 6.61. The van der Waals surface area contributed by atoms with E-state index >= 15 is 0 Å². The third-order valence-corrected chi connectivity index (χ3v) is 4.02. The van der Waals surface area contributed by atoms with Crippen molar-refractivity contribution in [3.63, 3.8) is 0 Å². The maximum atomic E-state index is 12.2. The van der Waals surface area contributed by atoms with Crippen LogP contribution in [0.15, 0.2) is 29.1 Å². The third kappa shape index (κ3) is 3.51. The highest BCUT2D eigenvalue weighted by atomic mass is 32.1. The normalized spacial score (nSPS) is 12.2. The van der Waals surface area contributed by atoms with Crippen molar-refractivity contribution in [2.45, 2.75) is 6.92 Å². The van der Waals surface area contributed by atoms with E-state index in [9.17, 15) is 9.59 Å². The Morgan fingerprint density at radius 1 is 1.50 bits per heavy atom. The molecule has 0 bridgehead atoms. The monoisotopic (exact) mass is 314 g/mol. The Labute approximate surface area is 131 Å². The maximum absolute atomic E-state index is 12.2. The average Bonchev–Trinajstić information content (AvgIpc) is 2.76. The van der Waals surface area contributed by atoms with Gasteiger partial charge in [-0.05, 0) is 30.7 Å². The van der Waals surface area contributed by atoms with Crippen LogP contribution < -0.4 is 14.8 Å². The minimum Gasteiger partial charge on any atom is -0.463 e. The van der Waals surface area contributed by atoms with Gasteiger partial charge in [0.1, 0.15) is 4.66 Å². The summed E-state index contributed by atoms with van der Waals surface area (Å²) < 4.78 is 7.27. The Morgan fingerprint density at radius 3 is 2.95 bits per heavy atom. The van der Waals surface area contributed by atoms with Gasteiger partial charge in [0.05, 0.1) is 28.8 Å². The second-order valence-electron chi connectivity index (χ2n) is 4.45. The quantitative estimate of drug-likeness (QED) is 0.773. The van der Waals surface area contributed by atoms with Crippen molar-refractivity contribution in [3.05, 3.63) is 54.9 Å². The molecule has 1 aromatic heterocycles. The van der Waals surface area contributed by atoms with Crippen LogP contribution in [0.5, 0.6) is 0 Å². The highest BCUT2D eigenvalue weighted by Gasteiger charge is 2.03. The van der Waals surface area contributed by atoms with Crippen molar-refractivity contribution in [1.82, 2.24) is 4.57 Å². The molecule has 0 spiro atoms. The molecule has 0 aliphatic carbocycles. The molecule has 0 unspecified atom stereocenters. The fourth-order valence-corrected chi connectivity index (χ4v) is 2.86. The smallest absolute Gasteiger partial charge is 0.333 e. The number of ether oxygens (including phenoxy) is 1. The number of nitrogens with zero attached hydrogens (tertiary/aromatic N) is 2. The Kier molecular flexibility index (Phi) is 4.92. The van der Waals surface area contributed by atoms with Crippen LogP contribution >= 0.6 is 11.3 Å². The average molecular weight is 314 g/mol. The summed E-state index contributed by atoms with van der Waals surface area (Å²) in [6.45, 7) is 2.01.